The van der Waals surface area contributed by atoms with Gasteiger partial charge in [0.25, 0.3) is 0 Å². The van der Waals surface area contributed by atoms with E-state index in [1.54, 1.807) is 12.1 Å². The van der Waals surface area contributed by atoms with Crippen LogP contribution in [0.4, 0.5) is 0 Å². The molecule has 0 spiro atoms. The summed E-state index contributed by atoms with van der Waals surface area (Å²) in [6.45, 7) is 4.04. The van der Waals surface area contributed by atoms with Crippen molar-refractivity contribution in [2.45, 2.75) is 43.1 Å². The summed E-state index contributed by atoms with van der Waals surface area (Å²) in [5.74, 6) is -2.74. The van der Waals surface area contributed by atoms with Gasteiger partial charge in [-0.15, -0.1) is 0 Å². The lowest BCUT2D eigenvalue weighted by atomic mass is 9.46. The van der Waals surface area contributed by atoms with Crippen LogP contribution in [-0.4, -0.2) is 10.9 Å². The number of nitrogens with zero attached hydrogens (tertiary/aromatic N) is 1. The summed E-state index contributed by atoms with van der Waals surface area (Å²) in [7, 11) is 0. The molecular weight excluding hydrogens is 693 g/mol. The maximum Gasteiger partial charge on any atom is 0.169 e. The van der Waals surface area contributed by atoms with Gasteiger partial charge in [0.15, 0.2) is 5.78 Å². The summed E-state index contributed by atoms with van der Waals surface area (Å²) in [5, 5.41) is 30.3. The van der Waals surface area contributed by atoms with Gasteiger partial charge in [0.1, 0.15) is 5.60 Å². The number of Topliss-reactive ketones (excluding diaryl/α,β-unsaturated/α-hetero) is 1. The van der Waals surface area contributed by atoms with Crippen molar-refractivity contribution < 1.29 is 9.90 Å². The van der Waals surface area contributed by atoms with Gasteiger partial charge in [-0.3, -0.25) is 4.79 Å². The Balaban J connectivity index is 1.49. The van der Waals surface area contributed by atoms with Crippen LogP contribution in [0.5, 0.6) is 0 Å². The Morgan fingerprint density at radius 3 is 1.79 bits per heavy atom. The van der Waals surface area contributed by atoms with Crippen molar-refractivity contribution in [3.05, 3.63) is 201 Å². The predicted octanol–water partition coefficient (Wildman–Crippen LogP) is 12.0. The molecule has 3 nitrogen and oxygen atoms in total. The quantitative estimate of drug-likeness (QED) is 0.173. The highest BCUT2D eigenvalue weighted by atomic mass is 35.5. The van der Waals surface area contributed by atoms with Crippen LogP contribution in [0.1, 0.15) is 62.0 Å². The first kappa shape index (κ1) is 34.8. The molecule has 1 fully saturated rings. The monoisotopic (exact) mass is 729 g/mol. The second-order valence-electron chi connectivity index (χ2n) is 14.6. The zero-order chi connectivity index (χ0) is 36.9. The average Bonchev–Trinajstić information content (AvgIpc) is 3.18. The van der Waals surface area contributed by atoms with Crippen molar-refractivity contribution in [3.8, 4) is 6.07 Å². The number of aryl methyl sites for hydroxylation is 2. The number of ketones is 1. The predicted molar refractivity (Wildman–Crippen MR) is 216 cm³/mol. The molecule has 0 bridgehead atoms. The molecule has 0 unspecified atom stereocenters. The summed E-state index contributed by atoms with van der Waals surface area (Å²) in [4.78, 5) is 15.7. The minimum absolute atomic E-state index is 0.0918. The van der Waals surface area contributed by atoms with Crippen molar-refractivity contribution in [3.63, 3.8) is 0 Å². The third-order valence-corrected chi connectivity index (χ3v) is 12.2. The molecule has 8 rings (SSSR count). The molecule has 7 aromatic rings. The average molecular weight is 731 g/mol. The Morgan fingerprint density at radius 1 is 0.642 bits per heavy atom. The van der Waals surface area contributed by atoms with E-state index >= 15 is 4.79 Å². The lowest BCUT2D eigenvalue weighted by Gasteiger charge is -2.56. The van der Waals surface area contributed by atoms with Gasteiger partial charge < -0.3 is 5.11 Å². The number of nitriles is 1. The molecule has 1 saturated carbocycles. The number of hydrogen-bond donors (Lipinski definition) is 1. The first-order chi connectivity index (χ1) is 25.6. The molecule has 7 aromatic carbocycles. The second kappa shape index (κ2) is 13.6. The topological polar surface area (TPSA) is 61.1 Å². The van der Waals surface area contributed by atoms with Gasteiger partial charge in [-0.05, 0) is 88.3 Å². The van der Waals surface area contributed by atoms with Gasteiger partial charge in [0.2, 0.25) is 0 Å². The number of rotatable bonds is 6. The van der Waals surface area contributed by atoms with Crippen LogP contribution in [0.15, 0.2) is 152 Å². The zero-order valence-corrected chi connectivity index (χ0v) is 30.9. The minimum atomic E-state index is -1.71. The third kappa shape index (κ3) is 5.92. The summed E-state index contributed by atoms with van der Waals surface area (Å²) in [6, 6.07) is 52.0. The van der Waals surface area contributed by atoms with Crippen LogP contribution in [0, 0.1) is 31.1 Å². The van der Waals surface area contributed by atoms with Crippen LogP contribution in [0.3, 0.4) is 0 Å². The van der Waals surface area contributed by atoms with E-state index < -0.39 is 28.8 Å². The number of fused-ring (bicyclic) bond motifs is 2. The molecule has 0 heterocycles. The molecule has 1 N–H and O–H groups in total. The summed E-state index contributed by atoms with van der Waals surface area (Å²) < 4.78 is 0. The summed E-state index contributed by atoms with van der Waals surface area (Å²) in [5.41, 5.74) is 2.43. The van der Waals surface area contributed by atoms with E-state index in [0.717, 1.165) is 43.8 Å². The molecule has 1 aliphatic rings. The largest absolute Gasteiger partial charge is 0.384 e. The van der Waals surface area contributed by atoms with E-state index in [0.29, 0.717) is 26.7 Å². The maximum absolute atomic E-state index is 15.7. The Kier molecular flexibility index (Phi) is 8.96. The molecule has 53 heavy (non-hydrogen) atoms. The zero-order valence-electron chi connectivity index (χ0n) is 29.4. The summed E-state index contributed by atoms with van der Waals surface area (Å²) in [6.07, 6.45) is 0.0918. The van der Waals surface area contributed by atoms with E-state index in [1.165, 1.54) is 0 Å². The molecule has 0 amide bonds. The number of hydrogen-bond acceptors (Lipinski definition) is 3. The first-order valence-electron chi connectivity index (χ1n) is 17.9. The highest BCUT2D eigenvalue weighted by Gasteiger charge is 2.64. The smallest absolute Gasteiger partial charge is 0.169 e. The van der Waals surface area contributed by atoms with Gasteiger partial charge in [-0.25, -0.2) is 0 Å². The van der Waals surface area contributed by atoms with Crippen molar-refractivity contribution in [2.75, 3.05) is 0 Å². The fourth-order valence-electron chi connectivity index (χ4n) is 8.76. The molecule has 0 radical (unpaired) electrons. The second-order valence-corrected chi connectivity index (χ2v) is 15.4. The molecule has 5 heteroatoms. The fraction of sp³-hybridized carbons (Fsp3) is 0.167. The van der Waals surface area contributed by atoms with Gasteiger partial charge >= 0.3 is 0 Å². The third-order valence-electron chi connectivity index (χ3n) is 11.5. The Hall–Kier alpha value is -5.24. The molecule has 0 aliphatic heterocycles. The first-order valence-corrected chi connectivity index (χ1v) is 18.6. The van der Waals surface area contributed by atoms with Gasteiger partial charge in [0.05, 0.1) is 27.4 Å². The number of carbonyl (C=O) groups excluding carboxylic acids is 1. The Morgan fingerprint density at radius 2 is 1.19 bits per heavy atom. The highest BCUT2D eigenvalue weighted by molar-refractivity contribution is 6.42. The number of halogens is 2. The van der Waals surface area contributed by atoms with Crippen molar-refractivity contribution in [1.29, 1.82) is 5.26 Å². The van der Waals surface area contributed by atoms with Crippen LogP contribution in [0.2, 0.25) is 10.0 Å². The fourth-order valence-corrected chi connectivity index (χ4v) is 9.05. The van der Waals surface area contributed by atoms with E-state index in [-0.39, 0.29) is 12.2 Å². The molecule has 260 valence electrons. The normalized spacial score (nSPS) is 22.8. The van der Waals surface area contributed by atoms with Crippen LogP contribution < -0.4 is 0 Å². The number of aliphatic hydroxyl groups is 1. The number of benzene rings is 7. The van der Waals surface area contributed by atoms with Gasteiger partial charge in [0, 0.05) is 17.4 Å². The molecule has 0 aromatic heterocycles. The highest BCUT2D eigenvalue weighted by Crippen LogP contribution is 2.64. The molecule has 5 atom stereocenters. The van der Waals surface area contributed by atoms with Crippen molar-refractivity contribution >= 4 is 50.5 Å². The van der Waals surface area contributed by atoms with Crippen LogP contribution in [0.25, 0.3) is 21.5 Å². The van der Waals surface area contributed by atoms with Crippen LogP contribution in [-0.2, 0) is 11.0 Å². The lowest BCUT2D eigenvalue weighted by molar-refractivity contribution is -0.0737. The van der Waals surface area contributed by atoms with E-state index in [9.17, 15) is 10.4 Å². The van der Waals surface area contributed by atoms with Gasteiger partial charge in [-0.2, -0.15) is 5.26 Å². The van der Waals surface area contributed by atoms with Crippen LogP contribution >= 0.6 is 23.2 Å². The Labute approximate surface area is 320 Å². The van der Waals surface area contributed by atoms with Crippen molar-refractivity contribution in [1.82, 2.24) is 0 Å². The number of carbonyl (C=O) groups is 1. The molecule has 1 aliphatic carbocycles. The molecular formula is C48H37Cl2NO2. The standard InChI is InChI=1S/C48H37Cl2NO2/c1-30-11-15-34(16-12-30)41-28-48(53,40-22-21-33-8-4-6-10-37(33)26-40)45(46(52)38-20-19-32-7-3-5-9-36(32)25-38)44(35-17-13-31(2)14-18-35)47(41,29-51)39-23-24-42(49)43(50)27-39/h3-27,41,44-45,53H,28H2,1-2H3/t41-,44-,45+,47-,48-/m1/s1. The SMILES string of the molecule is Cc1ccc([C@H]2C[C@@](O)(c3ccc4ccccc4c3)[C@H](C(=O)c3ccc4ccccc4c3)[C@@H](c3ccc(C)cc3)[C@]2(C#N)c2ccc(Cl)c(Cl)c2)cc1. The molecule has 0 saturated heterocycles. The van der Waals surface area contributed by atoms with E-state index in [2.05, 4.69) is 6.07 Å². The maximum atomic E-state index is 15.7. The lowest BCUT2D eigenvalue weighted by Crippen LogP contribution is -2.58. The van der Waals surface area contributed by atoms with E-state index in [1.807, 2.05) is 153 Å². The summed E-state index contributed by atoms with van der Waals surface area (Å²) >= 11 is 13.3. The Bertz CT molecular complexity index is 2560. The minimum Gasteiger partial charge on any atom is -0.384 e. The van der Waals surface area contributed by atoms with Gasteiger partial charge in [-0.1, -0.05) is 162 Å². The van der Waals surface area contributed by atoms with E-state index in [4.69, 9.17) is 23.2 Å². The van der Waals surface area contributed by atoms with Crippen molar-refractivity contribution in [2.24, 2.45) is 5.92 Å².